The van der Waals surface area contributed by atoms with Gasteiger partial charge in [0.15, 0.2) is 5.78 Å². The molecule has 0 aliphatic rings. The number of carbonyl (C=O) groups is 1. The van der Waals surface area contributed by atoms with E-state index in [4.69, 9.17) is 4.52 Å². The van der Waals surface area contributed by atoms with Crippen LogP contribution in [0.2, 0.25) is 0 Å². The summed E-state index contributed by atoms with van der Waals surface area (Å²) in [6.07, 6.45) is 2.78. The molecular formula is C22H34FO3P. The molecular weight excluding hydrogens is 362 g/mol. The van der Waals surface area contributed by atoms with E-state index in [1.54, 1.807) is 19.9 Å². The Hall–Kier alpha value is -1.25. The zero-order valence-corrected chi connectivity index (χ0v) is 18.8. The van der Waals surface area contributed by atoms with Crippen molar-refractivity contribution in [2.24, 2.45) is 0 Å². The van der Waals surface area contributed by atoms with Gasteiger partial charge in [0.1, 0.15) is 0 Å². The smallest absolute Gasteiger partial charge is 0.243 e. The van der Waals surface area contributed by atoms with Crippen LogP contribution in [0.15, 0.2) is 24.3 Å². The molecule has 0 saturated heterocycles. The number of allylic oxidation sites excluding steroid dienone is 1. The first-order valence-electron chi connectivity index (χ1n) is 9.50. The lowest BCUT2D eigenvalue weighted by molar-refractivity contribution is -0.116. The topological polar surface area (TPSA) is 43.4 Å². The Balaban J connectivity index is 3.23. The van der Waals surface area contributed by atoms with Gasteiger partial charge in [-0.3, -0.25) is 9.36 Å². The van der Waals surface area contributed by atoms with E-state index in [2.05, 4.69) is 47.6 Å². The van der Waals surface area contributed by atoms with E-state index in [1.807, 2.05) is 12.1 Å². The minimum atomic E-state index is -3.61. The predicted molar refractivity (Wildman–Crippen MR) is 113 cm³/mol. The molecule has 0 bridgehead atoms. The Bertz CT molecular complexity index is 707. The number of hydrogen-bond acceptors (Lipinski definition) is 3. The van der Waals surface area contributed by atoms with Crippen LogP contribution >= 0.6 is 7.37 Å². The van der Waals surface area contributed by atoms with E-state index in [0.717, 1.165) is 16.7 Å². The number of carbonyl (C=O) groups excluding carboxylic acids is 1. The number of hydrogen-bond donors (Lipinski definition) is 0. The molecule has 0 aliphatic carbocycles. The summed E-state index contributed by atoms with van der Waals surface area (Å²) in [5.74, 6) is -2.93. The van der Waals surface area contributed by atoms with Crippen molar-refractivity contribution in [3.05, 3.63) is 41.0 Å². The van der Waals surface area contributed by atoms with Gasteiger partial charge < -0.3 is 4.52 Å². The first-order valence-corrected chi connectivity index (χ1v) is 11.4. The highest BCUT2D eigenvalue weighted by atomic mass is 31.2. The highest BCUT2D eigenvalue weighted by molar-refractivity contribution is 7.60. The van der Waals surface area contributed by atoms with Crippen molar-refractivity contribution < 1.29 is 18.3 Å². The molecule has 0 spiro atoms. The maximum atomic E-state index is 14.5. The van der Waals surface area contributed by atoms with Gasteiger partial charge in [-0.1, -0.05) is 72.7 Å². The fourth-order valence-corrected chi connectivity index (χ4v) is 4.15. The molecule has 0 radical (unpaired) electrons. The summed E-state index contributed by atoms with van der Waals surface area (Å²) in [6, 6.07) is 6.19. The van der Waals surface area contributed by atoms with Crippen LogP contribution in [-0.2, 0) is 24.7 Å². The molecule has 0 saturated carbocycles. The Morgan fingerprint density at radius 3 is 1.93 bits per heavy atom. The molecule has 0 N–H and O–H groups in total. The van der Waals surface area contributed by atoms with Crippen molar-refractivity contribution in [2.75, 3.05) is 12.8 Å². The van der Waals surface area contributed by atoms with Crippen LogP contribution in [0.4, 0.5) is 4.39 Å². The number of alkyl halides is 1. The molecule has 0 aromatic heterocycles. The summed E-state index contributed by atoms with van der Waals surface area (Å²) in [6.45, 7) is 16.1. The first kappa shape index (κ1) is 23.8. The standard InChI is InChI=1S/C22H34FO3P/c1-9-26-27(25,10-2)20(23)19(24)12-11-16-13-17(21(3,4)5)15-18(14-16)22(6,7)8/h11-15,20H,9-10H2,1-8H3. The SMILES string of the molecule is CCOP(=O)(CC)C(F)C(=O)C=Cc1cc(C(C)(C)C)cc(C(C)(C)C)c1. The molecule has 1 rings (SSSR count). The Labute approximate surface area is 163 Å². The van der Waals surface area contributed by atoms with Crippen molar-refractivity contribution >= 4 is 19.2 Å². The van der Waals surface area contributed by atoms with E-state index in [-0.39, 0.29) is 23.6 Å². The van der Waals surface area contributed by atoms with Crippen LogP contribution in [0.1, 0.15) is 72.1 Å². The van der Waals surface area contributed by atoms with Gasteiger partial charge in [0.25, 0.3) is 0 Å². The monoisotopic (exact) mass is 396 g/mol. The third-order valence-electron chi connectivity index (χ3n) is 4.50. The molecule has 0 fully saturated rings. The van der Waals surface area contributed by atoms with Crippen LogP contribution in [0.3, 0.4) is 0 Å². The highest BCUT2D eigenvalue weighted by Crippen LogP contribution is 2.52. The maximum absolute atomic E-state index is 14.5. The van der Waals surface area contributed by atoms with Crippen LogP contribution < -0.4 is 0 Å². The average molecular weight is 396 g/mol. The van der Waals surface area contributed by atoms with Crippen molar-refractivity contribution in [1.29, 1.82) is 0 Å². The number of rotatable bonds is 7. The fourth-order valence-electron chi connectivity index (χ4n) is 2.60. The van der Waals surface area contributed by atoms with Crippen LogP contribution in [0.5, 0.6) is 0 Å². The summed E-state index contributed by atoms with van der Waals surface area (Å²) in [4.78, 5) is 12.2. The summed E-state index contributed by atoms with van der Waals surface area (Å²) in [5.41, 5.74) is 3.02. The minimum Gasteiger partial charge on any atom is -0.326 e. The number of benzene rings is 1. The van der Waals surface area contributed by atoms with Crippen molar-refractivity contribution in [1.82, 2.24) is 0 Å². The van der Waals surface area contributed by atoms with E-state index < -0.39 is 19.1 Å². The van der Waals surface area contributed by atoms with Gasteiger partial charge in [0.2, 0.25) is 13.3 Å². The van der Waals surface area contributed by atoms with E-state index in [1.165, 1.54) is 6.08 Å². The predicted octanol–water partition coefficient (Wildman–Crippen LogP) is 6.49. The second kappa shape index (κ2) is 8.84. The van der Waals surface area contributed by atoms with Gasteiger partial charge in [-0.25, -0.2) is 4.39 Å². The Morgan fingerprint density at radius 2 is 1.56 bits per heavy atom. The second-order valence-electron chi connectivity index (χ2n) is 8.88. The number of halogens is 1. The quantitative estimate of drug-likeness (QED) is 0.391. The molecule has 27 heavy (non-hydrogen) atoms. The number of ketones is 1. The maximum Gasteiger partial charge on any atom is 0.243 e. The molecule has 2 unspecified atom stereocenters. The normalized spacial score (nSPS) is 16.3. The van der Waals surface area contributed by atoms with Gasteiger partial charge in [0.05, 0.1) is 6.61 Å². The molecule has 152 valence electrons. The van der Waals surface area contributed by atoms with Gasteiger partial charge >= 0.3 is 0 Å². The Kier molecular flexibility index (Phi) is 7.78. The summed E-state index contributed by atoms with van der Waals surface area (Å²) < 4.78 is 32.0. The molecule has 0 amide bonds. The first-order chi connectivity index (χ1) is 12.2. The highest BCUT2D eigenvalue weighted by Gasteiger charge is 2.37. The fraction of sp³-hybridized carbons (Fsp3) is 0.591. The zero-order valence-electron chi connectivity index (χ0n) is 17.9. The average Bonchev–Trinajstić information content (AvgIpc) is 2.57. The van der Waals surface area contributed by atoms with Crippen LogP contribution in [0.25, 0.3) is 6.08 Å². The lowest BCUT2D eigenvalue weighted by Gasteiger charge is -2.25. The van der Waals surface area contributed by atoms with E-state index >= 15 is 0 Å². The summed E-state index contributed by atoms with van der Waals surface area (Å²) >= 11 is 0. The van der Waals surface area contributed by atoms with Gasteiger partial charge in [0, 0.05) is 6.16 Å². The second-order valence-corrected chi connectivity index (χ2v) is 11.7. The van der Waals surface area contributed by atoms with Gasteiger partial charge in [-0.15, -0.1) is 0 Å². The molecule has 1 aromatic carbocycles. The van der Waals surface area contributed by atoms with Crippen molar-refractivity contribution in [3.63, 3.8) is 0 Å². The van der Waals surface area contributed by atoms with E-state index in [9.17, 15) is 13.8 Å². The lowest BCUT2D eigenvalue weighted by Crippen LogP contribution is -2.17. The van der Waals surface area contributed by atoms with Gasteiger partial charge in [-0.2, -0.15) is 0 Å². The van der Waals surface area contributed by atoms with Crippen LogP contribution in [0, 0.1) is 0 Å². The molecule has 1 aromatic rings. The van der Waals surface area contributed by atoms with Crippen molar-refractivity contribution in [2.45, 2.75) is 72.1 Å². The van der Waals surface area contributed by atoms with Crippen molar-refractivity contribution in [3.8, 4) is 0 Å². The summed E-state index contributed by atoms with van der Waals surface area (Å²) in [7, 11) is -3.61. The minimum absolute atomic E-state index is 0.00469. The Morgan fingerprint density at radius 1 is 1.07 bits per heavy atom. The lowest BCUT2D eigenvalue weighted by atomic mass is 9.79. The molecule has 2 atom stereocenters. The van der Waals surface area contributed by atoms with E-state index in [0.29, 0.717) is 0 Å². The molecule has 0 aliphatic heterocycles. The van der Waals surface area contributed by atoms with Gasteiger partial charge in [-0.05, 0) is 40.5 Å². The molecule has 0 heterocycles. The summed E-state index contributed by atoms with van der Waals surface area (Å²) in [5, 5.41) is 0. The third-order valence-corrected chi connectivity index (χ3v) is 7.02. The van der Waals surface area contributed by atoms with Crippen LogP contribution in [-0.4, -0.2) is 24.5 Å². The molecule has 5 heteroatoms. The third kappa shape index (κ3) is 6.40. The molecule has 3 nitrogen and oxygen atoms in total. The largest absolute Gasteiger partial charge is 0.326 e. The zero-order chi connectivity index (χ0) is 21.0.